The SMILES string of the molecule is COc1ccc2ncc(N(C)C)c([C@H](F)CCC3(CC(=O)O)CCN(CCCc4ccccc4)CC3)c2c1. The van der Waals surface area contributed by atoms with Gasteiger partial charge in [-0.05, 0) is 87.3 Å². The van der Waals surface area contributed by atoms with Gasteiger partial charge in [-0.25, -0.2) is 4.39 Å². The quantitative estimate of drug-likeness (QED) is 0.302. The van der Waals surface area contributed by atoms with Crippen LogP contribution in [0.15, 0.2) is 54.7 Å². The first-order valence-electron chi connectivity index (χ1n) is 13.6. The summed E-state index contributed by atoms with van der Waals surface area (Å²) in [6.45, 7) is 2.72. The summed E-state index contributed by atoms with van der Waals surface area (Å²) in [5.74, 6) is -0.142. The Kier molecular flexibility index (Phi) is 9.21. The number of methoxy groups -OCH3 is 1. The Bertz CT molecular complexity index is 1210. The van der Waals surface area contributed by atoms with Crippen LogP contribution in [0.1, 0.15) is 55.8 Å². The normalized spacial score (nSPS) is 16.3. The molecule has 2 heterocycles. The van der Waals surface area contributed by atoms with E-state index in [-0.39, 0.29) is 18.3 Å². The molecular weight excluding hydrogens is 481 g/mol. The van der Waals surface area contributed by atoms with E-state index in [1.54, 1.807) is 13.3 Å². The van der Waals surface area contributed by atoms with E-state index >= 15 is 4.39 Å². The van der Waals surface area contributed by atoms with Crippen molar-refractivity contribution in [2.75, 3.05) is 45.7 Å². The number of rotatable bonds is 12. The molecule has 38 heavy (non-hydrogen) atoms. The van der Waals surface area contributed by atoms with E-state index in [1.807, 2.05) is 43.3 Å². The second kappa shape index (κ2) is 12.6. The maximum Gasteiger partial charge on any atom is 0.303 e. The third kappa shape index (κ3) is 6.81. The molecule has 1 aliphatic rings. The number of likely N-dealkylation sites (tertiary alicyclic amines) is 1. The van der Waals surface area contributed by atoms with Gasteiger partial charge in [0.15, 0.2) is 0 Å². The molecule has 204 valence electrons. The van der Waals surface area contributed by atoms with Crippen LogP contribution in [0.3, 0.4) is 0 Å². The number of carbonyl (C=O) groups is 1. The molecule has 0 spiro atoms. The molecule has 0 aliphatic carbocycles. The zero-order valence-corrected chi connectivity index (χ0v) is 22.8. The molecule has 0 radical (unpaired) electrons. The molecule has 1 N–H and O–H groups in total. The second-order valence-electron chi connectivity index (χ2n) is 10.8. The van der Waals surface area contributed by atoms with Crippen LogP contribution < -0.4 is 9.64 Å². The number of anilines is 1. The maximum absolute atomic E-state index is 16.1. The molecule has 0 unspecified atom stereocenters. The highest BCUT2D eigenvalue weighted by molar-refractivity contribution is 5.88. The Hall–Kier alpha value is -3.19. The fourth-order valence-corrected chi connectivity index (χ4v) is 5.81. The largest absolute Gasteiger partial charge is 0.497 e. The summed E-state index contributed by atoms with van der Waals surface area (Å²) in [5.41, 5.74) is 3.02. The number of aromatic nitrogens is 1. The van der Waals surface area contributed by atoms with Gasteiger partial charge in [0.2, 0.25) is 0 Å². The van der Waals surface area contributed by atoms with Crippen molar-refractivity contribution < 1.29 is 19.0 Å². The Labute approximate surface area is 225 Å². The van der Waals surface area contributed by atoms with Gasteiger partial charge in [0.05, 0.1) is 30.9 Å². The minimum Gasteiger partial charge on any atom is -0.497 e. The predicted octanol–water partition coefficient (Wildman–Crippen LogP) is 6.29. The number of alkyl halides is 1. The summed E-state index contributed by atoms with van der Waals surface area (Å²) in [5, 5.41) is 10.5. The lowest BCUT2D eigenvalue weighted by Crippen LogP contribution is -2.41. The van der Waals surface area contributed by atoms with Crippen molar-refractivity contribution in [3.63, 3.8) is 0 Å². The smallest absolute Gasteiger partial charge is 0.303 e. The topological polar surface area (TPSA) is 65.9 Å². The summed E-state index contributed by atoms with van der Waals surface area (Å²) in [6.07, 6.45) is 5.07. The molecule has 1 saturated heterocycles. The number of ether oxygens (including phenoxy) is 1. The number of fused-ring (bicyclic) bond motifs is 1. The van der Waals surface area contributed by atoms with Gasteiger partial charge >= 0.3 is 5.97 Å². The lowest BCUT2D eigenvalue weighted by atomic mass is 9.71. The average Bonchev–Trinajstić information content (AvgIpc) is 2.92. The molecule has 1 atom stereocenters. The van der Waals surface area contributed by atoms with Gasteiger partial charge in [-0.2, -0.15) is 0 Å². The number of pyridine rings is 1. The van der Waals surface area contributed by atoms with Crippen LogP contribution >= 0.6 is 0 Å². The summed E-state index contributed by atoms with van der Waals surface area (Å²) in [7, 11) is 5.37. The lowest BCUT2D eigenvalue weighted by molar-refractivity contribution is -0.141. The number of nitrogens with zero attached hydrogens (tertiary/aromatic N) is 3. The van der Waals surface area contributed by atoms with Gasteiger partial charge in [-0.1, -0.05) is 30.3 Å². The first-order chi connectivity index (χ1) is 18.3. The van der Waals surface area contributed by atoms with Crippen LogP contribution in [0.25, 0.3) is 10.9 Å². The van der Waals surface area contributed by atoms with Crippen LogP contribution in [-0.4, -0.2) is 61.8 Å². The third-order valence-electron chi connectivity index (χ3n) is 8.04. The zero-order valence-electron chi connectivity index (χ0n) is 22.8. The molecule has 0 bridgehead atoms. The Morgan fingerprint density at radius 1 is 1.18 bits per heavy atom. The molecule has 2 aromatic carbocycles. The van der Waals surface area contributed by atoms with E-state index in [9.17, 15) is 9.90 Å². The fourth-order valence-electron chi connectivity index (χ4n) is 5.81. The Morgan fingerprint density at radius 2 is 1.92 bits per heavy atom. The van der Waals surface area contributed by atoms with E-state index in [0.717, 1.165) is 61.9 Å². The van der Waals surface area contributed by atoms with Crippen molar-refractivity contribution in [1.82, 2.24) is 9.88 Å². The first kappa shape index (κ1) is 27.8. The van der Waals surface area contributed by atoms with E-state index < -0.39 is 12.1 Å². The predicted molar refractivity (Wildman–Crippen MR) is 151 cm³/mol. The van der Waals surface area contributed by atoms with E-state index in [2.05, 4.69) is 34.1 Å². The number of hydrogen-bond acceptors (Lipinski definition) is 5. The van der Waals surface area contributed by atoms with Crippen molar-refractivity contribution in [2.24, 2.45) is 5.41 Å². The lowest BCUT2D eigenvalue weighted by Gasteiger charge is -2.41. The number of piperidine rings is 1. The number of carboxylic acids is 1. The molecule has 0 amide bonds. The molecule has 1 aromatic heterocycles. The number of hydrogen-bond donors (Lipinski definition) is 1. The molecule has 3 aromatic rings. The zero-order chi connectivity index (χ0) is 27.1. The molecule has 1 fully saturated rings. The van der Waals surface area contributed by atoms with Gasteiger partial charge in [0.1, 0.15) is 11.9 Å². The Morgan fingerprint density at radius 3 is 2.58 bits per heavy atom. The molecule has 0 saturated carbocycles. The van der Waals surface area contributed by atoms with Crippen LogP contribution in [0.4, 0.5) is 10.1 Å². The molecular formula is C31H40FN3O3. The number of carboxylic acid groups (broad SMARTS) is 1. The number of aliphatic carboxylic acids is 1. The first-order valence-corrected chi connectivity index (χ1v) is 13.6. The summed E-state index contributed by atoms with van der Waals surface area (Å²) < 4.78 is 21.5. The van der Waals surface area contributed by atoms with Crippen molar-refractivity contribution in [2.45, 2.75) is 51.1 Å². The van der Waals surface area contributed by atoms with Gasteiger partial charge in [-0.3, -0.25) is 9.78 Å². The monoisotopic (exact) mass is 521 g/mol. The minimum atomic E-state index is -1.24. The van der Waals surface area contributed by atoms with Crippen LogP contribution in [-0.2, 0) is 11.2 Å². The van der Waals surface area contributed by atoms with Gasteiger partial charge in [0.25, 0.3) is 0 Å². The maximum atomic E-state index is 16.1. The van der Waals surface area contributed by atoms with Crippen molar-refractivity contribution in [3.8, 4) is 5.75 Å². The van der Waals surface area contributed by atoms with Crippen LogP contribution in [0, 0.1) is 5.41 Å². The van der Waals surface area contributed by atoms with Crippen LogP contribution in [0.2, 0.25) is 0 Å². The summed E-state index contributed by atoms with van der Waals surface area (Å²) in [4.78, 5) is 20.7. The van der Waals surface area contributed by atoms with Crippen molar-refractivity contribution in [3.05, 3.63) is 65.9 Å². The molecule has 7 heteroatoms. The van der Waals surface area contributed by atoms with Gasteiger partial charge in [0, 0.05) is 25.0 Å². The fraction of sp³-hybridized carbons (Fsp3) is 0.484. The highest BCUT2D eigenvalue weighted by Gasteiger charge is 2.37. The van der Waals surface area contributed by atoms with Crippen LogP contribution in [0.5, 0.6) is 5.75 Å². The van der Waals surface area contributed by atoms with Gasteiger partial charge < -0.3 is 19.6 Å². The number of aryl methyl sites for hydroxylation is 1. The average molecular weight is 522 g/mol. The van der Waals surface area contributed by atoms with Crippen molar-refractivity contribution in [1.29, 1.82) is 0 Å². The highest BCUT2D eigenvalue weighted by atomic mass is 19.1. The summed E-state index contributed by atoms with van der Waals surface area (Å²) >= 11 is 0. The number of benzene rings is 2. The second-order valence-corrected chi connectivity index (χ2v) is 10.8. The molecule has 1 aliphatic heterocycles. The van der Waals surface area contributed by atoms with Crippen molar-refractivity contribution >= 4 is 22.6 Å². The highest BCUT2D eigenvalue weighted by Crippen LogP contribution is 2.44. The summed E-state index contributed by atoms with van der Waals surface area (Å²) in [6, 6.07) is 16.0. The number of halogens is 1. The minimum absolute atomic E-state index is 0.0863. The molecule has 4 rings (SSSR count). The standard InChI is InChI=1S/C31H40FN3O3/c1-34(2)28-22-33-27-12-11-24(38-3)20-25(27)30(28)26(32)13-14-31(21-29(36)37)15-18-35(19-16-31)17-7-10-23-8-5-4-6-9-23/h4-6,8-9,11-12,20,22,26H,7,10,13-19,21H2,1-3H3,(H,36,37)/t26-/m1/s1. The Balaban J connectivity index is 1.44. The van der Waals surface area contributed by atoms with E-state index in [1.165, 1.54) is 5.56 Å². The third-order valence-corrected chi connectivity index (χ3v) is 8.04. The van der Waals surface area contributed by atoms with E-state index in [0.29, 0.717) is 17.7 Å². The van der Waals surface area contributed by atoms with Gasteiger partial charge in [-0.15, -0.1) is 0 Å². The van der Waals surface area contributed by atoms with E-state index in [4.69, 9.17) is 4.74 Å². The molecule has 6 nitrogen and oxygen atoms in total.